The first-order valence-electron chi connectivity index (χ1n) is 13.3. The van der Waals surface area contributed by atoms with Gasteiger partial charge >= 0.3 is 5.69 Å². The number of likely N-dealkylation sites (N-methyl/N-ethyl adjacent to an activating group) is 2. The van der Waals surface area contributed by atoms with Gasteiger partial charge in [0.25, 0.3) is 5.91 Å². The Balaban J connectivity index is 1.77. The number of rotatable bonds is 10. The van der Waals surface area contributed by atoms with Gasteiger partial charge in [-0.2, -0.15) is 4.98 Å². The number of methoxy groups -OCH3 is 1. The number of carbonyl (C=O) groups excluding carboxylic acids is 1. The zero-order valence-corrected chi connectivity index (χ0v) is 24.5. The van der Waals surface area contributed by atoms with E-state index in [2.05, 4.69) is 37.3 Å². The maximum absolute atomic E-state index is 13.5. The maximum atomic E-state index is 13.5. The van der Waals surface area contributed by atoms with E-state index in [-0.39, 0.29) is 17.7 Å². The van der Waals surface area contributed by atoms with Gasteiger partial charge < -0.3 is 25.2 Å². The molecule has 41 heavy (non-hydrogen) atoms. The fraction of sp³-hybridized carbons (Fsp3) is 0.333. The normalized spacial score (nSPS) is 11.0. The van der Waals surface area contributed by atoms with Gasteiger partial charge in [-0.3, -0.25) is 9.36 Å². The molecule has 0 saturated carbocycles. The summed E-state index contributed by atoms with van der Waals surface area (Å²) in [6.07, 6.45) is 1.59. The standard InChI is InChI=1S/C30H36N8O3/c1-8-11-28(39)32-21-18-22(26(41-7)19-25(21)36(6)17-16-35(4)5)33-29-31-15-14-27(34-29)38-24-13-10-9-12-23(24)37(20(2)3)30(38)40/h9-10,12-15,18-20H,16-17H2,1-7H3,(H,32,39)(H,31,33,34). The molecule has 11 heteroatoms. The van der Waals surface area contributed by atoms with Crippen molar-refractivity contribution in [1.82, 2.24) is 24.0 Å². The molecule has 0 aliphatic carbocycles. The molecule has 214 valence electrons. The molecule has 0 fully saturated rings. The second kappa shape index (κ2) is 12.6. The van der Waals surface area contributed by atoms with Crippen LogP contribution in [-0.2, 0) is 4.79 Å². The summed E-state index contributed by atoms with van der Waals surface area (Å²) in [5.41, 5.74) is 3.24. The Morgan fingerprint density at radius 2 is 1.80 bits per heavy atom. The molecule has 0 bridgehead atoms. The van der Waals surface area contributed by atoms with Crippen LogP contribution in [0.25, 0.3) is 16.9 Å². The number of fused-ring (bicyclic) bond motifs is 1. The molecule has 11 nitrogen and oxygen atoms in total. The van der Waals surface area contributed by atoms with Crippen molar-refractivity contribution in [2.45, 2.75) is 26.8 Å². The van der Waals surface area contributed by atoms with Crippen molar-refractivity contribution in [3.05, 3.63) is 59.1 Å². The lowest BCUT2D eigenvalue weighted by molar-refractivity contribution is -0.111. The molecule has 0 saturated heterocycles. The molecule has 1 amide bonds. The zero-order chi connectivity index (χ0) is 29.7. The van der Waals surface area contributed by atoms with Gasteiger partial charge in [0.2, 0.25) is 5.95 Å². The number of nitrogens with zero attached hydrogens (tertiary/aromatic N) is 6. The van der Waals surface area contributed by atoms with E-state index in [1.54, 1.807) is 41.5 Å². The van der Waals surface area contributed by atoms with E-state index in [1.165, 1.54) is 0 Å². The number of amides is 1. The summed E-state index contributed by atoms with van der Waals surface area (Å²) in [6.45, 7) is 7.09. The van der Waals surface area contributed by atoms with Crippen LogP contribution in [0.5, 0.6) is 5.75 Å². The number of carbonyl (C=O) groups is 1. The number of anilines is 4. The van der Waals surface area contributed by atoms with Crippen molar-refractivity contribution in [2.75, 3.05) is 56.9 Å². The third-order valence-corrected chi connectivity index (χ3v) is 6.51. The lowest BCUT2D eigenvalue weighted by Crippen LogP contribution is -2.29. The van der Waals surface area contributed by atoms with E-state index in [0.717, 1.165) is 29.8 Å². The topological polar surface area (TPSA) is 110 Å². The second-order valence-corrected chi connectivity index (χ2v) is 10.1. The van der Waals surface area contributed by atoms with Gasteiger partial charge in [-0.15, -0.1) is 0 Å². The summed E-state index contributed by atoms with van der Waals surface area (Å²) in [6, 6.07) is 12.9. The Hall–Kier alpha value is -4.82. The molecular formula is C30H36N8O3. The minimum Gasteiger partial charge on any atom is -0.494 e. The highest BCUT2D eigenvalue weighted by molar-refractivity contribution is 6.06. The molecule has 4 rings (SSSR count). The van der Waals surface area contributed by atoms with Gasteiger partial charge in [0, 0.05) is 44.5 Å². The molecule has 2 heterocycles. The van der Waals surface area contributed by atoms with E-state index >= 15 is 0 Å². The minimum absolute atomic E-state index is 0.0299. The van der Waals surface area contributed by atoms with Crippen LogP contribution in [0.3, 0.4) is 0 Å². The van der Waals surface area contributed by atoms with E-state index in [0.29, 0.717) is 22.9 Å². The van der Waals surface area contributed by atoms with Crippen LogP contribution < -0.4 is 26.0 Å². The molecule has 0 aliphatic heterocycles. The second-order valence-electron chi connectivity index (χ2n) is 10.1. The molecule has 0 aliphatic rings. The van der Waals surface area contributed by atoms with Gasteiger partial charge in [0.1, 0.15) is 11.6 Å². The van der Waals surface area contributed by atoms with Crippen molar-refractivity contribution in [1.29, 1.82) is 0 Å². The number of aromatic nitrogens is 4. The minimum atomic E-state index is -0.426. The number of hydrogen-bond donors (Lipinski definition) is 2. The summed E-state index contributed by atoms with van der Waals surface area (Å²) in [7, 11) is 7.53. The SMILES string of the molecule is CC#CC(=O)Nc1cc(Nc2nccc(-n3c(=O)n(C(C)C)c4ccccc43)n2)c(OC)cc1N(C)CCN(C)C. The van der Waals surface area contributed by atoms with Crippen molar-refractivity contribution in [3.8, 4) is 23.4 Å². The Bertz CT molecular complexity index is 1680. The van der Waals surface area contributed by atoms with Crippen molar-refractivity contribution in [3.63, 3.8) is 0 Å². The highest BCUT2D eigenvalue weighted by atomic mass is 16.5. The number of hydrogen-bond acceptors (Lipinski definition) is 8. The fourth-order valence-corrected chi connectivity index (χ4v) is 4.53. The molecule has 0 spiro atoms. The Morgan fingerprint density at radius 1 is 1.07 bits per heavy atom. The van der Waals surface area contributed by atoms with Crippen LogP contribution in [0, 0.1) is 11.8 Å². The molecule has 2 aromatic carbocycles. The smallest absolute Gasteiger partial charge is 0.335 e. The number of nitrogens with one attached hydrogen (secondary N) is 2. The number of imidazole rings is 1. The van der Waals surface area contributed by atoms with Gasteiger partial charge in [0.05, 0.1) is 35.2 Å². The highest BCUT2D eigenvalue weighted by Crippen LogP contribution is 2.38. The first kappa shape index (κ1) is 29.2. The number of benzene rings is 2. The largest absolute Gasteiger partial charge is 0.494 e. The van der Waals surface area contributed by atoms with Crippen molar-refractivity contribution in [2.24, 2.45) is 0 Å². The Morgan fingerprint density at radius 3 is 2.46 bits per heavy atom. The lowest BCUT2D eigenvalue weighted by atomic mass is 10.2. The van der Waals surface area contributed by atoms with Crippen molar-refractivity contribution < 1.29 is 9.53 Å². The maximum Gasteiger partial charge on any atom is 0.335 e. The van der Waals surface area contributed by atoms with Gasteiger partial charge in [0.15, 0.2) is 0 Å². The van der Waals surface area contributed by atoms with Gasteiger partial charge in [-0.1, -0.05) is 18.1 Å². The van der Waals surface area contributed by atoms with E-state index < -0.39 is 5.91 Å². The summed E-state index contributed by atoms with van der Waals surface area (Å²) in [4.78, 5) is 39.1. The highest BCUT2D eigenvalue weighted by Gasteiger charge is 2.19. The molecule has 2 N–H and O–H groups in total. The molecule has 4 aromatic rings. The van der Waals surface area contributed by atoms with Gasteiger partial charge in [-0.25, -0.2) is 14.3 Å². The molecule has 0 atom stereocenters. The predicted molar refractivity (Wildman–Crippen MR) is 164 cm³/mol. The summed E-state index contributed by atoms with van der Waals surface area (Å²) >= 11 is 0. The van der Waals surface area contributed by atoms with E-state index in [1.807, 2.05) is 70.2 Å². The first-order valence-corrected chi connectivity index (χ1v) is 13.3. The van der Waals surface area contributed by atoms with Crippen LogP contribution in [0.15, 0.2) is 53.5 Å². The van der Waals surface area contributed by atoms with Crippen LogP contribution in [0.4, 0.5) is 23.0 Å². The third kappa shape index (κ3) is 6.34. The average Bonchev–Trinajstić information content (AvgIpc) is 3.24. The van der Waals surface area contributed by atoms with Crippen molar-refractivity contribution >= 4 is 40.0 Å². The van der Waals surface area contributed by atoms with Crippen LogP contribution in [0.2, 0.25) is 0 Å². The van der Waals surface area contributed by atoms with E-state index in [4.69, 9.17) is 4.74 Å². The molecule has 2 aromatic heterocycles. The fourth-order valence-electron chi connectivity index (χ4n) is 4.53. The number of para-hydroxylation sites is 2. The van der Waals surface area contributed by atoms with Gasteiger partial charge in [-0.05, 0) is 59.0 Å². The summed E-state index contributed by atoms with van der Waals surface area (Å²) in [5.74, 6) is 5.94. The quantitative estimate of drug-likeness (QED) is 0.283. The van der Waals surface area contributed by atoms with Crippen LogP contribution in [-0.4, -0.2) is 71.3 Å². The summed E-state index contributed by atoms with van der Waals surface area (Å²) in [5, 5.41) is 6.09. The average molecular weight is 557 g/mol. The monoisotopic (exact) mass is 556 g/mol. The third-order valence-electron chi connectivity index (χ3n) is 6.51. The van der Waals surface area contributed by atoms with E-state index in [9.17, 15) is 9.59 Å². The zero-order valence-electron chi connectivity index (χ0n) is 24.5. The molecule has 0 unspecified atom stereocenters. The van der Waals surface area contributed by atoms with Crippen LogP contribution in [0.1, 0.15) is 26.8 Å². The Labute approximate surface area is 239 Å². The molecular weight excluding hydrogens is 520 g/mol. The van der Waals surface area contributed by atoms with Crippen LogP contribution >= 0.6 is 0 Å². The predicted octanol–water partition coefficient (Wildman–Crippen LogP) is 3.87. The molecule has 0 radical (unpaired) electrons. The Kier molecular flexibility index (Phi) is 8.94. The summed E-state index contributed by atoms with van der Waals surface area (Å²) < 4.78 is 9.03. The lowest BCUT2D eigenvalue weighted by Gasteiger charge is -2.25. The number of ether oxygens (including phenoxy) is 1. The first-order chi connectivity index (χ1) is 19.6.